The maximum Gasteiger partial charge on any atom is 0.275 e. The fourth-order valence-corrected chi connectivity index (χ4v) is 6.68. The summed E-state index contributed by atoms with van der Waals surface area (Å²) in [5.41, 5.74) is 4.14. The van der Waals surface area contributed by atoms with Crippen LogP contribution in [0, 0.1) is 0 Å². The van der Waals surface area contributed by atoms with Crippen molar-refractivity contribution in [3.05, 3.63) is 62.6 Å². The molecule has 2 aromatic heterocycles. The molecule has 1 atom stereocenters. The maximum absolute atomic E-state index is 12.7. The molecule has 1 aromatic carbocycles. The first-order valence-electron chi connectivity index (χ1n) is 13.0. The van der Waals surface area contributed by atoms with Gasteiger partial charge in [-0.2, -0.15) is 5.10 Å². The SMILES string of the molecule is CN(C)C(=O)c1nn2c(c1Cl)CN(c1nc(S(C)(=O)=O)nc3c1COC1(CCc4ccc(C=O)cc41)C3)CCC2. The van der Waals surface area contributed by atoms with Crippen LogP contribution in [0.15, 0.2) is 23.4 Å². The van der Waals surface area contributed by atoms with E-state index < -0.39 is 15.4 Å². The third-order valence-electron chi connectivity index (χ3n) is 7.93. The van der Waals surface area contributed by atoms with Gasteiger partial charge in [0, 0.05) is 51.0 Å². The molecule has 1 amide bonds. The van der Waals surface area contributed by atoms with Gasteiger partial charge < -0.3 is 14.5 Å². The molecule has 0 saturated heterocycles. The molecule has 6 rings (SSSR count). The first-order valence-corrected chi connectivity index (χ1v) is 15.3. The molecule has 11 nitrogen and oxygen atoms in total. The highest BCUT2D eigenvalue weighted by Gasteiger charge is 2.45. The first kappa shape index (κ1) is 26.9. The van der Waals surface area contributed by atoms with E-state index in [1.807, 2.05) is 17.0 Å². The molecule has 0 bridgehead atoms. The summed E-state index contributed by atoms with van der Waals surface area (Å²) in [5.74, 6) is 0.190. The molecule has 3 aromatic rings. The summed E-state index contributed by atoms with van der Waals surface area (Å²) in [6.07, 6.45) is 4.46. The molecule has 210 valence electrons. The van der Waals surface area contributed by atoms with E-state index in [1.54, 1.807) is 24.8 Å². The van der Waals surface area contributed by atoms with E-state index in [2.05, 4.69) is 15.1 Å². The molecule has 2 aliphatic heterocycles. The summed E-state index contributed by atoms with van der Waals surface area (Å²) in [7, 11) is -0.441. The van der Waals surface area contributed by atoms with Crippen molar-refractivity contribution in [2.24, 2.45) is 0 Å². The number of sulfone groups is 1. The Morgan fingerprint density at radius 2 is 2.02 bits per heavy atom. The minimum atomic E-state index is -3.73. The Morgan fingerprint density at radius 1 is 1.23 bits per heavy atom. The Hall–Kier alpha value is -3.35. The highest BCUT2D eigenvalue weighted by atomic mass is 35.5. The molecule has 1 aliphatic carbocycles. The molecule has 0 N–H and O–H groups in total. The molecule has 4 heterocycles. The zero-order valence-corrected chi connectivity index (χ0v) is 24.0. The Labute approximate surface area is 237 Å². The summed E-state index contributed by atoms with van der Waals surface area (Å²) in [4.78, 5) is 36.6. The monoisotopic (exact) mass is 584 g/mol. The predicted octanol–water partition coefficient (Wildman–Crippen LogP) is 2.57. The van der Waals surface area contributed by atoms with Gasteiger partial charge >= 0.3 is 0 Å². The van der Waals surface area contributed by atoms with Crippen molar-refractivity contribution in [1.82, 2.24) is 24.6 Å². The number of anilines is 1. The minimum absolute atomic E-state index is 0.185. The Balaban J connectivity index is 1.43. The number of fused-ring (bicyclic) bond motifs is 4. The fourth-order valence-electron chi connectivity index (χ4n) is 5.87. The van der Waals surface area contributed by atoms with Crippen molar-refractivity contribution in [3.63, 3.8) is 0 Å². The maximum atomic E-state index is 12.7. The summed E-state index contributed by atoms with van der Waals surface area (Å²) in [6, 6.07) is 5.63. The first-order chi connectivity index (χ1) is 19.0. The molecule has 1 unspecified atom stereocenters. The number of rotatable bonds is 4. The van der Waals surface area contributed by atoms with Gasteiger partial charge in [0.25, 0.3) is 5.91 Å². The number of hydrogen-bond donors (Lipinski definition) is 0. The highest BCUT2D eigenvalue weighted by Crippen LogP contribution is 2.47. The summed E-state index contributed by atoms with van der Waals surface area (Å²) in [5, 5.41) is 4.51. The molecule has 0 saturated carbocycles. The van der Waals surface area contributed by atoms with Gasteiger partial charge in [0.1, 0.15) is 12.1 Å². The van der Waals surface area contributed by atoms with Gasteiger partial charge in [-0.1, -0.05) is 23.7 Å². The number of hydrogen-bond acceptors (Lipinski definition) is 9. The Bertz CT molecular complexity index is 1670. The van der Waals surface area contributed by atoms with Crippen LogP contribution in [0.5, 0.6) is 0 Å². The molecule has 0 radical (unpaired) electrons. The molecule has 3 aliphatic rings. The van der Waals surface area contributed by atoms with Crippen LogP contribution in [0.4, 0.5) is 5.82 Å². The molecule has 13 heteroatoms. The van der Waals surface area contributed by atoms with Crippen LogP contribution >= 0.6 is 11.6 Å². The lowest BCUT2D eigenvalue weighted by molar-refractivity contribution is -0.0730. The number of carbonyl (C=O) groups excluding carboxylic acids is 2. The number of benzene rings is 1. The van der Waals surface area contributed by atoms with Gasteiger partial charge in [-0.15, -0.1) is 0 Å². The van der Waals surface area contributed by atoms with Crippen LogP contribution < -0.4 is 4.90 Å². The summed E-state index contributed by atoms with van der Waals surface area (Å²) < 4.78 is 33.7. The van der Waals surface area contributed by atoms with E-state index in [9.17, 15) is 18.0 Å². The lowest BCUT2D eigenvalue weighted by Crippen LogP contribution is -2.37. The lowest BCUT2D eigenvalue weighted by atomic mass is 9.86. The molecule has 0 fully saturated rings. The fraction of sp³-hybridized carbons (Fsp3) is 0.444. The number of carbonyl (C=O) groups is 2. The highest BCUT2D eigenvalue weighted by molar-refractivity contribution is 7.90. The standard InChI is InChI=1S/C27H29ClN6O5S/c1-32(2)25(36)23-22(28)21-13-33(9-4-10-34(21)31-23)24-18-15-39-27(12-20(18)29-26(30-24)40(3,37)38)8-7-17-6-5-16(14-35)11-19(17)27/h5-6,11,14H,4,7-10,12-13,15H2,1-3H3. The van der Waals surface area contributed by atoms with Gasteiger partial charge in [-0.05, 0) is 36.5 Å². The van der Waals surface area contributed by atoms with Crippen LogP contribution in [0.3, 0.4) is 0 Å². The quantitative estimate of drug-likeness (QED) is 0.336. The van der Waals surface area contributed by atoms with Crippen LogP contribution in [0.1, 0.15) is 61.8 Å². The average Bonchev–Trinajstić information content (AvgIpc) is 3.32. The topological polar surface area (TPSA) is 128 Å². The second kappa shape index (κ2) is 9.64. The number of aromatic nitrogens is 4. The van der Waals surface area contributed by atoms with Gasteiger partial charge in [0.15, 0.2) is 5.69 Å². The number of aryl methyl sites for hydroxylation is 2. The van der Waals surface area contributed by atoms with Crippen LogP contribution in [-0.2, 0) is 52.7 Å². The number of ether oxygens (including phenoxy) is 1. The summed E-state index contributed by atoms with van der Waals surface area (Å²) >= 11 is 6.67. The van der Waals surface area contributed by atoms with E-state index >= 15 is 0 Å². The van der Waals surface area contributed by atoms with Crippen molar-refractivity contribution >= 4 is 39.4 Å². The zero-order valence-electron chi connectivity index (χ0n) is 22.5. The summed E-state index contributed by atoms with van der Waals surface area (Å²) in [6.45, 7) is 1.59. The molecular formula is C27H29ClN6O5S. The second-order valence-corrected chi connectivity index (χ2v) is 13.1. The Kier molecular flexibility index (Phi) is 6.47. The number of amides is 1. The normalized spacial score (nSPS) is 20.1. The minimum Gasteiger partial charge on any atom is -0.365 e. The zero-order chi connectivity index (χ0) is 28.4. The molecule has 1 spiro atoms. The molecule has 40 heavy (non-hydrogen) atoms. The molecular weight excluding hydrogens is 556 g/mol. The van der Waals surface area contributed by atoms with Crippen molar-refractivity contribution in [1.29, 1.82) is 0 Å². The predicted molar refractivity (Wildman–Crippen MR) is 146 cm³/mol. The van der Waals surface area contributed by atoms with Gasteiger partial charge in [-0.3, -0.25) is 14.3 Å². The van der Waals surface area contributed by atoms with Gasteiger partial charge in [0.2, 0.25) is 15.0 Å². The van der Waals surface area contributed by atoms with Crippen molar-refractivity contribution in [2.75, 3.05) is 31.8 Å². The van der Waals surface area contributed by atoms with Crippen LogP contribution in [0.25, 0.3) is 0 Å². The number of nitrogens with zero attached hydrogens (tertiary/aromatic N) is 6. The van der Waals surface area contributed by atoms with Gasteiger partial charge in [-0.25, -0.2) is 18.4 Å². The third-order valence-corrected chi connectivity index (χ3v) is 9.17. The van der Waals surface area contributed by atoms with E-state index in [0.717, 1.165) is 35.7 Å². The van der Waals surface area contributed by atoms with Gasteiger partial charge in [0.05, 0.1) is 35.2 Å². The van der Waals surface area contributed by atoms with Crippen LogP contribution in [0.2, 0.25) is 5.02 Å². The average molecular weight is 585 g/mol. The smallest absolute Gasteiger partial charge is 0.275 e. The van der Waals surface area contributed by atoms with Crippen molar-refractivity contribution in [3.8, 4) is 0 Å². The number of aldehydes is 1. The largest absolute Gasteiger partial charge is 0.365 e. The number of halogens is 1. The van der Waals surface area contributed by atoms with Crippen molar-refractivity contribution in [2.45, 2.75) is 56.1 Å². The third kappa shape index (κ3) is 4.38. The Morgan fingerprint density at radius 3 is 2.75 bits per heavy atom. The lowest BCUT2D eigenvalue weighted by Gasteiger charge is -2.37. The second-order valence-electron chi connectivity index (χ2n) is 10.8. The van der Waals surface area contributed by atoms with E-state index in [0.29, 0.717) is 55.1 Å². The van der Waals surface area contributed by atoms with E-state index in [4.69, 9.17) is 16.3 Å². The van der Waals surface area contributed by atoms with Crippen molar-refractivity contribution < 1.29 is 22.7 Å². The van der Waals surface area contributed by atoms with E-state index in [-0.39, 0.29) is 34.9 Å². The van der Waals surface area contributed by atoms with E-state index in [1.165, 1.54) is 4.90 Å². The van der Waals surface area contributed by atoms with Crippen LogP contribution in [-0.4, -0.2) is 72.2 Å².